The highest BCUT2D eigenvalue weighted by atomic mass is 28.3. The predicted molar refractivity (Wildman–Crippen MR) is 41.5 cm³/mol. The fourth-order valence-corrected chi connectivity index (χ4v) is 0. The van der Waals surface area contributed by atoms with Crippen LogP contribution in [0.2, 0.25) is 0 Å². The third-order valence-corrected chi connectivity index (χ3v) is 0. The van der Waals surface area contributed by atoms with Crippen molar-refractivity contribution in [2.24, 2.45) is 0 Å². The van der Waals surface area contributed by atoms with Gasteiger partial charge in [0.05, 0.1) is 0 Å². The van der Waals surface area contributed by atoms with E-state index in [0.717, 1.165) is 0 Å². The molecule has 0 aliphatic heterocycles. The van der Waals surface area contributed by atoms with Crippen LogP contribution in [0, 0.1) is 0 Å². The second-order valence-electron chi connectivity index (χ2n) is 0.283. The Morgan fingerprint density at radius 3 is 1.12 bits per heavy atom. The van der Waals surface area contributed by atoms with E-state index < -0.39 is 9.17 Å². The van der Waals surface area contributed by atoms with Gasteiger partial charge < -0.3 is 15.1 Å². The zero-order valence-corrected chi connectivity index (χ0v) is 3.30. The van der Waals surface area contributed by atoms with E-state index in [4.69, 9.17) is 14.1 Å². The SMILES string of the molecule is O.O=[Si](O)O.[AlH3].[MgH2].[MgH2]. The lowest BCUT2D eigenvalue weighted by Crippen LogP contribution is -1.90. The van der Waals surface area contributed by atoms with Gasteiger partial charge in [0.25, 0.3) is 0 Å². The number of hydrogen-bond acceptors (Lipinski definition) is 1. The van der Waals surface area contributed by atoms with Crippen molar-refractivity contribution in [3.8, 4) is 0 Å². The quantitative estimate of drug-likeness (QED) is 0.363. The van der Waals surface area contributed by atoms with Crippen LogP contribution >= 0.6 is 0 Å². The van der Waals surface area contributed by atoms with Crippen LogP contribution in [0.5, 0.6) is 0 Å². The maximum Gasteiger partial charge on any atom is 0.761 e. The van der Waals surface area contributed by atoms with Crippen molar-refractivity contribution < 1.29 is 19.5 Å². The van der Waals surface area contributed by atoms with Crippen molar-refractivity contribution in [3.05, 3.63) is 0 Å². The normalized spacial score (nSPS) is 3.00. The average Bonchev–Trinajstić information content (AvgIpc) is 0.811. The molecule has 0 unspecified atom stereocenters. The van der Waals surface area contributed by atoms with Crippen LogP contribution < -0.4 is 0 Å². The van der Waals surface area contributed by atoms with Gasteiger partial charge in [-0.2, -0.15) is 0 Å². The minimum absolute atomic E-state index is 0. The molecule has 4 N–H and O–H groups in total. The molecule has 0 radical (unpaired) electrons. The van der Waals surface area contributed by atoms with Gasteiger partial charge in [-0.15, -0.1) is 0 Å². The summed E-state index contributed by atoms with van der Waals surface area (Å²) in [5, 5.41) is 0. The Morgan fingerprint density at radius 1 is 1.12 bits per heavy atom. The van der Waals surface area contributed by atoms with E-state index in [-0.39, 0.29) is 68.9 Å². The minimum Gasteiger partial charge on any atom is -0.511 e. The van der Waals surface area contributed by atoms with E-state index >= 15 is 0 Å². The largest absolute Gasteiger partial charge is 0.761 e. The van der Waals surface area contributed by atoms with Gasteiger partial charge in [0.15, 0.2) is 17.4 Å². The molecule has 0 aromatic carbocycles. The third-order valence-electron chi connectivity index (χ3n) is 0. The summed E-state index contributed by atoms with van der Waals surface area (Å²) in [7, 11) is -3.13. The molecule has 0 bridgehead atoms. The van der Waals surface area contributed by atoms with Crippen LogP contribution in [-0.2, 0) is 4.46 Å². The fraction of sp³-hybridized carbons (Fsp3) is 0. The van der Waals surface area contributed by atoms with Crippen molar-refractivity contribution in [2.75, 3.05) is 0 Å². The molecule has 0 aliphatic carbocycles. The monoisotopic (exact) mass is 178 g/mol. The van der Waals surface area contributed by atoms with Gasteiger partial charge in [-0.1, -0.05) is 0 Å². The maximum absolute atomic E-state index is 8.74. The van der Waals surface area contributed by atoms with Crippen molar-refractivity contribution in [2.45, 2.75) is 0 Å². The molecule has 8 heteroatoms. The van der Waals surface area contributed by atoms with Crippen LogP contribution in [0.25, 0.3) is 0 Å². The topological polar surface area (TPSA) is 89.0 Å². The molecular formula is H11AlMg2O4Si. The van der Waals surface area contributed by atoms with Crippen LogP contribution in [0.3, 0.4) is 0 Å². The van der Waals surface area contributed by atoms with Gasteiger partial charge in [0.1, 0.15) is 0 Å². The third kappa shape index (κ3) is 125. The smallest absolute Gasteiger partial charge is 0.511 e. The van der Waals surface area contributed by atoms with E-state index in [1.54, 1.807) is 0 Å². The van der Waals surface area contributed by atoms with E-state index in [1.807, 2.05) is 0 Å². The summed E-state index contributed by atoms with van der Waals surface area (Å²) in [4.78, 5) is 14.3. The molecule has 0 aliphatic rings. The first-order valence-corrected chi connectivity index (χ1v) is 1.95. The summed E-state index contributed by atoms with van der Waals surface area (Å²) >= 11 is 0. The Balaban J connectivity index is -0.00000000750. The van der Waals surface area contributed by atoms with Gasteiger partial charge in [0.2, 0.25) is 0 Å². The summed E-state index contributed by atoms with van der Waals surface area (Å²) in [6.07, 6.45) is 0. The molecule has 0 heterocycles. The highest BCUT2D eigenvalue weighted by Crippen LogP contribution is 1.27. The lowest BCUT2D eigenvalue weighted by atomic mass is 15.8. The van der Waals surface area contributed by atoms with E-state index in [2.05, 4.69) is 0 Å². The summed E-state index contributed by atoms with van der Waals surface area (Å²) in [5.74, 6) is 0. The molecule has 8 heavy (non-hydrogen) atoms. The summed E-state index contributed by atoms with van der Waals surface area (Å²) < 4.78 is 8.74. The van der Waals surface area contributed by atoms with Gasteiger partial charge >= 0.3 is 55.3 Å². The first-order chi connectivity index (χ1) is 1.73. The molecule has 0 saturated heterocycles. The molecule has 0 aromatic rings. The van der Waals surface area contributed by atoms with E-state index in [0.29, 0.717) is 0 Å². The lowest BCUT2D eigenvalue weighted by molar-refractivity contribution is 0.330. The second kappa shape index (κ2) is 23.4. The van der Waals surface area contributed by atoms with Gasteiger partial charge in [-0.05, 0) is 0 Å². The standard InChI is InChI=1S/Al.2Mg.H2O3Si.H2O.7H/c;;;1-4(2)3;;;;;;;;/h;;;1-2H;1H2;;;;;;;. The Morgan fingerprint density at radius 2 is 1.12 bits per heavy atom. The van der Waals surface area contributed by atoms with Crippen molar-refractivity contribution in [3.63, 3.8) is 0 Å². The van der Waals surface area contributed by atoms with Crippen molar-refractivity contribution >= 4 is 72.6 Å². The van der Waals surface area contributed by atoms with E-state index in [1.165, 1.54) is 0 Å². The molecule has 46 valence electrons. The zero-order valence-electron chi connectivity index (χ0n) is 2.30. The zero-order chi connectivity index (χ0) is 3.58. The predicted octanol–water partition coefficient (Wildman–Crippen LogP) is -5.45. The Labute approximate surface area is 91.3 Å². The molecule has 4 nitrogen and oxygen atoms in total. The number of hydrogen-bond donors (Lipinski definition) is 2. The molecule has 0 amide bonds. The van der Waals surface area contributed by atoms with Crippen molar-refractivity contribution in [1.29, 1.82) is 0 Å². The first-order valence-electron chi connectivity index (χ1n) is 0.651. The van der Waals surface area contributed by atoms with Crippen LogP contribution in [0.1, 0.15) is 0 Å². The Bertz CT molecular complexity index is 37.0. The summed E-state index contributed by atoms with van der Waals surface area (Å²) in [5.41, 5.74) is 0. The summed E-state index contributed by atoms with van der Waals surface area (Å²) in [6.45, 7) is 0. The maximum atomic E-state index is 8.74. The molecule has 0 saturated carbocycles. The Hall–Kier alpha value is 1.64. The van der Waals surface area contributed by atoms with Crippen LogP contribution in [-0.4, -0.2) is 87.7 Å². The fourth-order valence-electron chi connectivity index (χ4n) is 0. The second-order valence-corrected chi connectivity index (χ2v) is 0.848. The van der Waals surface area contributed by atoms with E-state index in [9.17, 15) is 0 Å². The van der Waals surface area contributed by atoms with Crippen LogP contribution in [0.4, 0.5) is 0 Å². The highest BCUT2D eigenvalue weighted by molar-refractivity contribution is 6.22. The molecule has 0 spiro atoms. The van der Waals surface area contributed by atoms with Gasteiger partial charge in [0, 0.05) is 0 Å². The highest BCUT2D eigenvalue weighted by Gasteiger charge is 1.85. The van der Waals surface area contributed by atoms with Crippen molar-refractivity contribution in [1.82, 2.24) is 0 Å². The molecule has 0 aromatic heterocycles. The Kier molecular flexibility index (Phi) is 97.8. The minimum atomic E-state index is -3.13. The van der Waals surface area contributed by atoms with Gasteiger partial charge in [-0.3, -0.25) is 4.46 Å². The van der Waals surface area contributed by atoms with Crippen LogP contribution in [0.15, 0.2) is 0 Å². The number of rotatable bonds is 0. The van der Waals surface area contributed by atoms with Gasteiger partial charge in [-0.25, -0.2) is 0 Å². The molecular weight excluding hydrogens is 168 g/mol. The first kappa shape index (κ1) is 33.4. The molecule has 0 rings (SSSR count). The molecule has 0 fully saturated rings. The average molecular weight is 179 g/mol. The molecule has 0 atom stereocenters. The summed E-state index contributed by atoms with van der Waals surface area (Å²) in [6, 6.07) is 0. The lowest BCUT2D eigenvalue weighted by Gasteiger charge is -1.55.